The van der Waals surface area contributed by atoms with E-state index < -0.39 is 10.0 Å². The zero-order valence-electron chi connectivity index (χ0n) is 11.9. The average Bonchev–Trinajstić information content (AvgIpc) is 2.45. The normalized spacial score (nSPS) is 19.5. The molecular weight excluding hydrogens is 356 g/mol. The molecule has 116 valence electrons. The number of benzene rings is 1. The van der Waals surface area contributed by atoms with Gasteiger partial charge in [0, 0.05) is 17.6 Å². The van der Waals surface area contributed by atoms with Gasteiger partial charge in [-0.25, -0.2) is 13.1 Å². The summed E-state index contributed by atoms with van der Waals surface area (Å²) in [6.45, 7) is 3.33. The fourth-order valence-electron chi connectivity index (χ4n) is 2.38. The molecule has 1 amide bonds. The number of nitrogens with one attached hydrogen (secondary N) is 1. The molecule has 0 bridgehead atoms. The summed E-state index contributed by atoms with van der Waals surface area (Å²) in [6.07, 6.45) is 2.10. The van der Waals surface area contributed by atoms with Crippen molar-refractivity contribution in [3.05, 3.63) is 28.7 Å². The van der Waals surface area contributed by atoms with Gasteiger partial charge in [0.15, 0.2) is 0 Å². The number of carbonyl (C=O) groups is 1. The van der Waals surface area contributed by atoms with Crippen LogP contribution in [0.5, 0.6) is 0 Å². The number of halogens is 1. The lowest BCUT2D eigenvalue weighted by atomic mass is 10.0. The first kappa shape index (κ1) is 16.5. The van der Waals surface area contributed by atoms with Gasteiger partial charge in [-0.05, 0) is 43.0 Å². The molecule has 1 aromatic carbocycles. The largest absolute Gasteiger partial charge is 0.341 e. The first-order valence-electron chi connectivity index (χ1n) is 6.91. The highest BCUT2D eigenvalue weighted by Crippen LogP contribution is 2.16. The van der Waals surface area contributed by atoms with Gasteiger partial charge < -0.3 is 4.90 Å². The standard InChI is InChI=1S/C14H19BrN2O3S/c1-11-3-2-8-17(10-11)14(18)9-16-21(19,20)13-6-4-12(15)5-7-13/h4-7,11,16H,2-3,8-10H2,1H3. The minimum atomic E-state index is -3.64. The van der Waals surface area contributed by atoms with Crippen LogP contribution < -0.4 is 4.72 Å². The van der Waals surface area contributed by atoms with E-state index in [0.717, 1.165) is 17.3 Å². The number of likely N-dealkylation sites (tertiary alicyclic amines) is 1. The molecule has 1 saturated heterocycles. The van der Waals surface area contributed by atoms with Crippen LogP contribution in [0.25, 0.3) is 0 Å². The van der Waals surface area contributed by atoms with Gasteiger partial charge in [-0.2, -0.15) is 0 Å². The molecule has 5 nitrogen and oxygen atoms in total. The molecule has 0 aliphatic carbocycles. The molecule has 1 heterocycles. The van der Waals surface area contributed by atoms with Crippen LogP contribution in [0.15, 0.2) is 33.6 Å². The van der Waals surface area contributed by atoms with Gasteiger partial charge in [-0.1, -0.05) is 22.9 Å². The first-order valence-corrected chi connectivity index (χ1v) is 9.19. The van der Waals surface area contributed by atoms with E-state index in [1.165, 1.54) is 12.1 Å². The van der Waals surface area contributed by atoms with E-state index in [2.05, 4.69) is 27.6 Å². The van der Waals surface area contributed by atoms with Crippen molar-refractivity contribution in [2.45, 2.75) is 24.7 Å². The molecule has 1 N–H and O–H groups in total. The molecule has 0 saturated carbocycles. The second kappa shape index (κ2) is 6.89. The highest BCUT2D eigenvalue weighted by Gasteiger charge is 2.22. The summed E-state index contributed by atoms with van der Waals surface area (Å²) in [7, 11) is -3.64. The number of sulfonamides is 1. The number of carbonyl (C=O) groups excluding carboxylic acids is 1. The lowest BCUT2D eigenvalue weighted by Crippen LogP contribution is -2.44. The number of hydrogen-bond acceptors (Lipinski definition) is 3. The van der Waals surface area contributed by atoms with Gasteiger partial charge in [-0.3, -0.25) is 4.79 Å². The minimum Gasteiger partial charge on any atom is -0.341 e. The predicted molar refractivity (Wildman–Crippen MR) is 84.3 cm³/mol. The minimum absolute atomic E-state index is 0.158. The van der Waals surface area contributed by atoms with Crippen LogP contribution in [-0.2, 0) is 14.8 Å². The van der Waals surface area contributed by atoms with Crippen LogP contribution in [0.4, 0.5) is 0 Å². The van der Waals surface area contributed by atoms with Crippen molar-refractivity contribution in [2.24, 2.45) is 5.92 Å². The van der Waals surface area contributed by atoms with Gasteiger partial charge in [-0.15, -0.1) is 0 Å². The van der Waals surface area contributed by atoms with E-state index in [1.807, 2.05) is 0 Å². The fraction of sp³-hybridized carbons (Fsp3) is 0.500. The molecule has 1 aliphatic heterocycles. The van der Waals surface area contributed by atoms with Crippen LogP contribution in [0.1, 0.15) is 19.8 Å². The van der Waals surface area contributed by atoms with Crippen molar-refractivity contribution in [3.8, 4) is 0 Å². The number of rotatable bonds is 4. The van der Waals surface area contributed by atoms with E-state index in [1.54, 1.807) is 17.0 Å². The molecule has 0 spiro atoms. The van der Waals surface area contributed by atoms with Crippen molar-refractivity contribution in [3.63, 3.8) is 0 Å². The van der Waals surface area contributed by atoms with Crippen LogP contribution in [-0.4, -0.2) is 38.9 Å². The Kier molecular flexibility index (Phi) is 5.40. The Balaban J connectivity index is 1.95. The van der Waals surface area contributed by atoms with E-state index >= 15 is 0 Å². The van der Waals surface area contributed by atoms with Crippen molar-refractivity contribution < 1.29 is 13.2 Å². The maximum absolute atomic E-state index is 12.1. The zero-order valence-corrected chi connectivity index (χ0v) is 14.3. The van der Waals surface area contributed by atoms with Crippen LogP contribution >= 0.6 is 15.9 Å². The van der Waals surface area contributed by atoms with E-state index in [4.69, 9.17) is 0 Å². The van der Waals surface area contributed by atoms with E-state index in [9.17, 15) is 13.2 Å². The van der Waals surface area contributed by atoms with Gasteiger partial charge in [0.25, 0.3) is 0 Å². The monoisotopic (exact) mass is 374 g/mol. The quantitative estimate of drug-likeness (QED) is 0.875. The Morgan fingerprint density at radius 1 is 1.38 bits per heavy atom. The summed E-state index contributed by atoms with van der Waals surface area (Å²) >= 11 is 3.26. The Morgan fingerprint density at radius 3 is 2.67 bits per heavy atom. The number of piperidine rings is 1. The first-order chi connectivity index (χ1) is 9.88. The fourth-order valence-corrected chi connectivity index (χ4v) is 3.62. The molecule has 0 aromatic heterocycles. The van der Waals surface area contributed by atoms with Crippen LogP contribution in [0.2, 0.25) is 0 Å². The van der Waals surface area contributed by atoms with Crippen molar-refractivity contribution >= 4 is 31.9 Å². The summed E-state index contributed by atoms with van der Waals surface area (Å²) in [6, 6.07) is 6.31. The summed E-state index contributed by atoms with van der Waals surface area (Å²) in [5.41, 5.74) is 0. The molecule has 1 atom stereocenters. The topological polar surface area (TPSA) is 66.5 Å². The molecule has 0 radical (unpaired) electrons. The maximum Gasteiger partial charge on any atom is 0.241 e. The zero-order chi connectivity index (χ0) is 15.5. The molecule has 1 fully saturated rings. The molecule has 1 aliphatic rings. The molecule has 1 aromatic rings. The highest BCUT2D eigenvalue weighted by atomic mass is 79.9. The second-order valence-electron chi connectivity index (χ2n) is 5.37. The Bertz CT molecular complexity index is 601. The number of nitrogens with zero attached hydrogens (tertiary/aromatic N) is 1. The summed E-state index contributed by atoms with van der Waals surface area (Å²) in [5, 5.41) is 0. The van der Waals surface area contributed by atoms with Crippen LogP contribution in [0.3, 0.4) is 0 Å². The summed E-state index contributed by atoms with van der Waals surface area (Å²) in [4.78, 5) is 14.0. The van der Waals surface area contributed by atoms with Crippen LogP contribution in [0, 0.1) is 5.92 Å². The summed E-state index contributed by atoms with van der Waals surface area (Å²) in [5.74, 6) is 0.313. The summed E-state index contributed by atoms with van der Waals surface area (Å²) < 4.78 is 27.4. The lowest BCUT2D eigenvalue weighted by Gasteiger charge is -2.31. The number of amides is 1. The molecule has 21 heavy (non-hydrogen) atoms. The third-order valence-corrected chi connectivity index (χ3v) is 5.49. The molecule has 2 rings (SSSR count). The van der Waals surface area contributed by atoms with Gasteiger partial charge in [0.2, 0.25) is 15.9 Å². The average molecular weight is 375 g/mol. The van der Waals surface area contributed by atoms with Crippen molar-refractivity contribution in [1.82, 2.24) is 9.62 Å². The Labute approximate surface area is 133 Å². The van der Waals surface area contributed by atoms with Gasteiger partial charge >= 0.3 is 0 Å². The lowest BCUT2D eigenvalue weighted by molar-refractivity contribution is -0.131. The van der Waals surface area contributed by atoms with Gasteiger partial charge in [0.05, 0.1) is 11.4 Å². The molecule has 7 heteroatoms. The number of hydrogen-bond donors (Lipinski definition) is 1. The molecule has 1 unspecified atom stereocenters. The van der Waals surface area contributed by atoms with E-state index in [0.29, 0.717) is 19.0 Å². The van der Waals surface area contributed by atoms with Crippen molar-refractivity contribution in [2.75, 3.05) is 19.6 Å². The Morgan fingerprint density at radius 2 is 2.05 bits per heavy atom. The maximum atomic E-state index is 12.1. The SMILES string of the molecule is CC1CCCN(C(=O)CNS(=O)(=O)c2ccc(Br)cc2)C1. The van der Waals surface area contributed by atoms with Gasteiger partial charge in [0.1, 0.15) is 0 Å². The molecular formula is C14H19BrN2O3S. The van der Waals surface area contributed by atoms with Crippen molar-refractivity contribution in [1.29, 1.82) is 0 Å². The predicted octanol–water partition coefficient (Wildman–Crippen LogP) is 1.99. The Hall–Kier alpha value is -0.920. The second-order valence-corrected chi connectivity index (χ2v) is 8.05. The highest BCUT2D eigenvalue weighted by molar-refractivity contribution is 9.10. The van der Waals surface area contributed by atoms with E-state index in [-0.39, 0.29) is 17.3 Å². The third-order valence-electron chi connectivity index (χ3n) is 3.55. The third kappa shape index (κ3) is 4.52. The smallest absolute Gasteiger partial charge is 0.241 e.